The number of amides is 1. The lowest BCUT2D eigenvalue weighted by molar-refractivity contribution is -0.139. The third-order valence-electron chi connectivity index (χ3n) is 3.57. The largest absolute Gasteiger partial charge is 0.481 e. The third-order valence-corrected chi connectivity index (χ3v) is 3.57. The van der Waals surface area contributed by atoms with E-state index in [1.54, 1.807) is 0 Å². The molecule has 1 saturated heterocycles. The molecule has 1 heterocycles. The molecule has 1 rings (SSSR count). The Bertz CT molecular complexity index is 298. The lowest BCUT2D eigenvalue weighted by Crippen LogP contribution is -2.43. The first-order valence-electron chi connectivity index (χ1n) is 7.16. The summed E-state index contributed by atoms with van der Waals surface area (Å²) in [5.74, 6) is -0.485. The summed E-state index contributed by atoms with van der Waals surface area (Å²) in [7, 11) is 0. The summed E-state index contributed by atoms with van der Waals surface area (Å²) < 4.78 is 5.51. The van der Waals surface area contributed by atoms with Crippen LogP contribution in [0.25, 0.3) is 0 Å². The molecule has 1 aliphatic heterocycles. The van der Waals surface area contributed by atoms with Crippen LogP contribution in [0.15, 0.2) is 0 Å². The van der Waals surface area contributed by atoms with Crippen LogP contribution in [0.2, 0.25) is 0 Å². The summed E-state index contributed by atoms with van der Waals surface area (Å²) in [6.45, 7) is 5.79. The molecule has 1 aliphatic rings. The molecule has 1 amide bonds. The average Bonchev–Trinajstić information content (AvgIpc) is 2.38. The summed E-state index contributed by atoms with van der Waals surface area (Å²) in [4.78, 5) is 24.4. The van der Waals surface area contributed by atoms with Crippen molar-refractivity contribution >= 4 is 11.9 Å². The van der Waals surface area contributed by atoms with Gasteiger partial charge in [-0.3, -0.25) is 9.59 Å². The van der Waals surface area contributed by atoms with E-state index < -0.39 is 5.97 Å². The van der Waals surface area contributed by atoms with E-state index in [9.17, 15) is 9.59 Å². The Morgan fingerprint density at radius 1 is 1.37 bits per heavy atom. The van der Waals surface area contributed by atoms with Gasteiger partial charge >= 0.3 is 5.97 Å². The Labute approximate surface area is 114 Å². The van der Waals surface area contributed by atoms with Crippen LogP contribution in [0.5, 0.6) is 0 Å². The van der Waals surface area contributed by atoms with E-state index in [4.69, 9.17) is 9.84 Å². The van der Waals surface area contributed by atoms with E-state index in [-0.39, 0.29) is 31.0 Å². The second kappa shape index (κ2) is 8.15. The molecule has 0 radical (unpaired) electrons. The molecule has 1 atom stereocenters. The molecule has 1 unspecified atom stereocenters. The van der Waals surface area contributed by atoms with Gasteiger partial charge in [-0.05, 0) is 19.3 Å². The molecule has 0 aromatic carbocycles. The highest BCUT2D eigenvalue weighted by Gasteiger charge is 2.25. The number of hydrogen-bond acceptors (Lipinski definition) is 3. The summed E-state index contributed by atoms with van der Waals surface area (Å²) >= 11 is 0. The first kappa shape index (κ1) is 16.0. The summed E-state index contributed by atoms with van der Waals surface area (Å²) in [5.41, 5.74) is 0. The van der Waals surface area contributed by atoms with E-state index in [0.717, 1.165) is 38.8 Å². The summed E-state index contributed by atoms with van der Waals surface area (Å²) in [5, 5.41) is 8.54. The van der Waals surface area contributed by atoms with Crippen molar-refractivity contribution < 1.29 is 19.4 Å². The smallest absolute Gasteiger partial charge is 0.305 e. The zero-order valence-electron chi connectivity index (χ0n) is 11.9. The van der Waals surface area contributed by atoms with Gasteiger partial charge in [0, 0.05) is 19.0 Å². The maximum absolute atomic E-state index is 12.1. The highest BCUT2D eigenvalue weighted by atomic mass is 16.5. The molecular weight excluding hydrogens is 246 g/mol. The number of rotatable bonds is 7. The van der Waals surface area contributed by atoms with Crippen LogP contribution in [0.3, 0.4) is 0 Å². The number of carbonyl (C=O) groups is 2. The average molecular weight is 271 g/mol. The van der Waals surface area contributed by atoms with Crippen molar-refractivity contribution in [3.8, 4) is 0 Å². The Morgan fingerprint density at radius 3 is 2.53 bits per heavy atom. The van der Waals surface area contributed by atoms with Gasteiger partial charge in [-0.2, -0.15) is 0 Å². The Morgan fingerprint density at radius 2 is 2.00 bits per heavy atom. The molecule has 0 spiro atoms. The maximum atomic E-state index is 12.1. The zero-order chi connectivity index (χ0) is 14.3. The number of ether oxygens (including phenoxy) is 1. The topological polar surface area (TPSA) is 66.8 Å². The van der Waals surface area contributed by atoms with Crippen molar-refractivity contribution in [2.75, 3.05) is 19.7 Å². The van der Waals surface area contributed by atoms with E-state index in [1.165, 1.54) is 0 Å². The number of carboxylic acid groups (broad SMARTS) is 1. The minimum absolute atomic E-state index is 0.0483. The number of hydrogen-bond donors (Lipinski definition) is 1. The Balaban J connectivity index is 2.24. The van der Waals surface area contributed by atoms with Crippen molar-refractivity contribution in [2.24, 2.45) is 5.92 Å². The normalized spacial score (nSPS) is 18.3. The quantitative estimate of drug-likeness (QED) is 0.768. The second-order valence-electron chi connectivity index (χ2n) is 5.23. The highest BCUT2D eigenvalue weighted by molar-refractivity contribution is 5.78. The highest BCUT2D eigenvalue weighted by Crippen LogP contribution is 2.18. The number of nitrogens with zero attached hydrogens (tertiary/aromatic N) is 1. The van der Waals surface area contributed by atoms with Crippen molar-refractivity contribution in [2.45, 2.75) is 52.1 Å². The van der Waals surface area contributed by atoms with Gasteiger partial charge < -0.3 is 14.7 Å². The van der Waals surface area contributed by atoms with Crippen molar-refractivity contribution in [1.82, 2.24) is 4.90 Å². The third kappa shape index (κ3) is 5.59. The van der Waals surface area contributed by atoms with Crippen LogP contribution in [0.4, 0.5) is 0 Å². The van der Waals surface area contributed by atoms with Gasteiger partial charge in [0.25, 0.3) is 0 Å². The fourth-order valence-corrected chi connectivity index (χ4v) is 2.42. The van der Waals surface area contributed by atoms with Crippen LogP contribution in [0, 0.1) is 5.92 Å². The lowest BCUT2D eigenvalue weighted by Gasteiger charge is -2.33. The predicted octanol–water partition coefficient (Wildman–Crippen LogP) is 1.90. The molecular formula is C14H25NO4. The maximum Gasteiger partial charge on any atom is 0.305 e. The SMILES string of the molecule is CCCC(C)C(=O)N1CCC(OCCC(=O)O)CC1. The number of aliphatic carboxylic acids is 1. The van der Waals surface area contributed by atoms with Gasteiger partial charge in [0.1, 0.15) is 0 Å². The van der Waals surface area contributed by atoms with E-state index in [2.05, 4.69) is 6.92 Å². The minimum atomic E-state index is -0.832. The van der Waals surface area contributed by atoms with Gasteiger partial charge in [0.05, 0.1) is 19.1 Å². The standard InChI is InChI=1S/C14H25NO4/c1-3-4-11(2)14(18)15-8-5-12(6-9-15)19-10-7-13(16)17/h11-12H,3-10H2,1-2H3,(H,16,17). The summed E-state index contributed by atoms with van der Waals surface area (Å²) in [6, 6.07) is 0. The Hall–Kier alpha value is -1.10. The van der Waals surface area contributed by atoms with E-state index in [0.29, 0.717) is 0 Å². The monoisotopic (exact) mass is 271 g/mol. The summed E-state index contributed by atoms with van der Waals surface area (Å²) in [6.07, 6.45) is 3.74. The molecule has 110 valence electrons. The molecule has 0 aromatic rings. The molecule has 1 fully saturated rings. The van der Waals surface area contributed by atoms with Crippen LogP contribution in [-0.4, -0.2) is 47.7 Å². The van der Waals surface area contributed by atoms with Gasteiger partial charge in [-0.25, -0.2) is 0 Å². The molecule has 1 N–H and O–H groups in total. The first-order chi connectivity index (χ1) is 9.04. The van der Waals surface area contributed by atoms with Crippen molar-refractivity contribution in [1.29, 1.82) is 0 Å². The van der Waals surface area contributed by atoms with Gasteiger partial charge in [0.15, 0.2) is 0 Å². The fraction of sp³-hybridized carbons (Fsp3) is 0.857. The Kier molecular flexibility index (Phi) is 6.84. The van der Waals surface area contributed by atoms with Gasteiger partial charge in [-0.1, -0.05) is 20.3 Å². The molecule has 0 aromatic heterocycles. The van der Waals surface area contributed by atoms with Crippen LogP contribution < -0.4 is 0 Å². The lowest BCUT2D eigenvalue weighted by atomic mass is 10.0. The number of carboxylic acids is 1. The van der Waals surface area contributed by atoms with Crippen molar-refractivity contribution in [3.05, 3.63) is 0 Å². The number of piperidine rings is 1. The molecule has 19 heavy (non-hydrogen) atoms. The van der Waals surface area contributed by atoms with Crippen LogP contribution in [-0.2, 0) is 14.3 Å². The molecule has 0 aliphatic carbocycles. The van der Waals surface area contributed by atoms with Crippen molar-refractivity contribution in [3.63, 3.8) is 0 Å². The molecule has 0 saturated carbocycles. The van der Waals surface area contributed by atoms with Gasteiger partial charge in [-0.15, -0.1) is 0 Å². The van der Waals surface area contributed by atoms with Crippen LogP contribution >= 0.6 is 0 Å². The second-order valence-corrected chi connectivity index (χ2v) is 5.23. The number of likely N-dealkylation sites (tertiary alicyclic amines) is 1. The number of carbonyl (C=O) groups excluding carboxylic acids is 1. The first-order valence-corrected chi connectivity index (χ1v) is 7.16. The molecule has 0 bridgehead atoms. The van der Waals surface area contributed by atoms with E-state index >= 15 is 0 Å². The molecule has 5 heteroatoms. The minimum Gasteiger partial charge on any atom is -0.481 e. The zero-order valence-corrected chi connectivity index (χ0v) is 11.9. The predicted molar refractivity (Wildman–Crippen MR) is 71.9 cm³/mol. The fourth-order valence-electron chi connectivity index (χ4n) is 2.42. The van der Waals surface area contributed by atoms with Gasteiger partial charge in [0.2, 0.25) is 5.91 Å². The van der Waals surface area contributed by atoms with E-state index in [1.807, 2.05) is 11.8 Å². The molecule has 5 nitrogen and oxygen atoms in total. The van der Waals surface area contributed by atoms with Crippen LogP contribution in [0.1, 0.15) is 46.0 Å².